The number of benzene rings is 1. The van der Waals surface area contributed by atoms with Gasteiger partial charge in [0.25, 0.3) is 0 Å². The fraction of sp³-hybridized carbons (Fsp3) is 0.571. The molecule has 36 heavy (non-hydrogen) atoms. The molecule has 8 heteroatoms. The van der Waals surface area contributed by atoms with Crippen molar-refractivity contribution in [3.8, 4) is 5.75 Å². The van der Waals surface area contributed by atoms with Gasteiger partial charge in [0.1, 0.15) is 5.75 Å². The Kier molecular flexibility index (Phi) is 7.82. The summed E-state index contributed by atoms with van der Waals surface area (Å²) in [5, 5.41) is 5.39. The van der Waals surface area contributed by atoms with E-state index in [-0.39, 0.29) is 24.0 Å². The normalized spacial score (nSPS) is 23.3. The Labute approximate surface area is 218 Å². The van der Waals surface area contributed by atoms with Gasteiger partial charge in [0.15, 0.2) is 0 Å². The Morgan fingerprint density at radius 3 is 2.56 bits per heavy atom. The average molecular weight is 511 g/mol. The monoisotopic (exact) mass is 510 g/mol. The molecule has 5 rings (SSSR count). The highest BCUT2D eigenvalue weighted by Gasteiger charge is 2.35. The lowest BCUT2D eigenvalue weighted by Gasteiger charge is -2.42. The number of nitrogens with one attached hydrogen (secondary N) is 1. The van der Waals surface area contributed by atoms with Crippen LogP contribution in [0.3, 0.4) is 0 Å². The van der Waals surface area contributed by atoms with Gasteiger partial charge in [-0.25, -0.2) is 4.79 Å². The SMILES string of the molecule is COc1ccc([C@H]2c3ccsc3CCN2CC(=O)N2CCN(C(=O)NC3CCCCC3)[C@@H](C)C2)cc1. The molecule has 1 aliphatic carbocycles. The summed E-state index contributed by atoms with van der Waals surface area (Å²) >= 11 is 1.81. The number of carbonyl (C=O) groups is 2. The first kappa shape index (κ1) is 25.1. The molecule has 3 amide bonds. The minimum atomic E-state index is 0.00788. The number of amides is 3. The molecule has 0 unspecified atom stereocenters. The summed E-state index contributed by atoms with van der Waals surface area (Å²) in [4.78, 5) is 34.0. The van der Waals surface area contributed by atoms with Crippen LogP contribution in [0.4, 0.5) is 4.79 Å². The summed E-state index contributed by atoms with van der Waals surface area (Å²) in [5.41, 5.74) is 2.49. The second kappa shape index (κ2) is 11.2. The molecule has 194 valence electrons. The topological polar surface area (TPSA) is 65.1 Å². The number of rotatable bonds is 5. The van der Waals surface area contributed by atoms with Crippen LogP contribution in [0.25, 0.3) is 0 Å². The standard InChI is InChI=1S/C28H38N4O3S/c1-20-18-30(15-16-32(20)28(34)29-22-6-4-3-5-7-22)26(33)19-31-14-12-25-24(13-17-36-25)27(31)21-8-10-23(35-2)11-9-21/h8-11,13,17,20,22,27H,3-7,12,14-16,18-19H2,1-2H3,(H,29,34)/t20-,27-/m0/s1. The maximum Gasteiger partial charge on any atom is 0.317 e. The molecule has 3 aliphatic rings. The summed E-state index contributed by atoms with van der Waals surface area (Å²) in [6.45, 7) is 5.05. The lowest BCUT2D eigenvalue weighted by Crippen LogP contribution is -2.59. The molecule has 1 aromatic carbocycles. The van der Waals surface area contributed by atoms with Gasteiger partial charge in [0.05, 0.1) is 19.7 Å². The Bertz CT molecular complexity index is 1050. The molecule has 1 saturated carbocycles. The molecule has 1 aromatic heterocycles. The van der Waals surface area contributed by atoms with E-state index in [1.165, 1.54) is 35.3 Å². The molecule has 0 radical (unpaired) electrons. The van der Waals surface area contributed by atoms with Crippen molar-refractivity contribution in [2.24, 2.45) is 0 Å². The van der Waals surface area contributed by atoms with Crippen molar-refractivity contribution in [1.82, 2.24) is 20.0 Å². The van der Waals surface area contributed by atoms with Crippen LogP contribution >= 0.6 is 11.3 Å². The highest BCUT2D eigenvalue weighted by molar-refractivity contribution is 7.10. The van der Waals surface area contributed by atoms with Crippen LogP contribution < -0.4 is 10.1 Å². The molecule has 0 bridgehead atoms. The minimum absolute atomic E-state index is 0.00788. The number of hydrogen-bond acceptors (Lipinski definition) is 5. The van der Waals surface area contributed by atoms with E-state index in [1.54, 1.807) is 18.4 Å². The zero-order valence-corrected chi connectivity index (χ0v) is 22.3. The van der Waals surface area contributed by atoms with E-state index < -0.39 is 0 Å². The molecule has 2 atom stereocenters. The Hall–Kier alpha value is -2.58. The van der Waals surface area contributed by atoms with Gasteiger partial charge in [0, 0.05) is 43.1 Å². The van der Waals surface area contributed by atoms with E-state index in [4.69, 9.17) is 4.74 Å². The predicted octanol–water partition coefficient (Wildman–Crippen LogP) is 4.28. The quantitative estimate of drug-likeness (QED) is 0.652. The van der Waals surface area contributed by atoms with Crippen molar-refractivity contribution in [3.63, 3.8) is 0 Å². The smallest absolute Gasteiger partial charge is 0.317 e. The van der Waals surface area contributed by atoms with Crippen LogP contribution in [0.15, 0.2) is 35.7 Å². The highest BCUT2D eigenvalue weighted by Crippen LogP contribution is 2.38. The van der Waals surface area contributed by atoms with E-state index in [2.05, 4.69) is 40.7 Å². The van der Waals surface area contributed by atoms with E-state index >= 15 is 0 Å². The van der Waals surface area contributed by atoms with Crippen LogP contribution in [0.2, 0.25) is 0 Å². The Morgan fingerprint density at radius 1 is 1.06 bits per heavy atom. The lowest BCUT2D eigenvalue weighted by atomic mass is 9.93. The minimum Gasteiger partial charge on any atom is -0.497 e. The number of carbonyl (C=O) groups excluding carboxylic acids is 2. The molecule has 7 nitrogen and oxygen atoms in total. The Morgan fingerprint density at radius 2 is 1.83 bits per heavy atom. The summed E-state index contributed by atoms with van der Waals surface area (Å²) in [6, 6.07) is 10.8. The molecule has 2 fully saturated rings. The van der Waals surface area contributed by atoms with Gasteiger partial charge in [0.2, 0.25) is 5.91 Å². The van der Waals surface area contributed by atoms with Gasteiger partial charge in [-0.1, -0.05) is 31.4 Å². The summed E-state index contributed by atoms with van der Waals surface area (Å²) < 4.78 is 5.35. The summed E-state index contributed by atoms with van der Waals surface area (Å²) in [5.74, 6) is 0.980. The molecular weight excluding hydrogens is 472 g/mol. The Balaban J connectivity index is 1.22. The van der Waals surface area contributed by atoms with Gasteiger partial charge in [-0.3, -0.25) is 9.69 Å². The first-order valence-electron chi connectivity index (χ1n) is 13.3. The fourth-order valence-corrected chi connectivity index (χ4v) is 6.88. The van der Waals surface area contributed by atoms with Crippen molar-refractivity contribution in [2.45, 2.75) is 63.6 Å². The third-order valence-corrected chi connectivity index (χ3v) is 9.01. The maximum absolute atomic E-state index is 13.5. The van der Waals surface area contributed by atoms with Crippen molar-refractivity contribution >= 4 is 23.3 Å². The average Bonchev–Trinajstić information content (AvgIpc) is 3.38. The van der Waals surface area contributed by atoms with E-state index in [0.717, 1.165) is 31.6 Å². The zero-order chi connectivity index (χ0) is 25.1. The van der Waals surface area contributed by atoms with Crippen LogP contribution in [-0.2, 0) is 11.2 Å². The van der Waals surface area contributed by atoms with Crippen LogP contribution in [0.1, 0.15) is 61.1 Å². The van der Waals surface area contributed by atoms with Gasteiger partial charge in [-0.15, -0.1) is 11.3 Å². The molecule has 1 saturated heterocycles. The first-order chi connectivity index (χ1) is 17.5. The van der Waals surface area contributed by atoms with E-state index in [9.17, 15) is 9.59 Å². The molecular formula is C28H38N4O3S. The number of fused-ring (bicyclic) bond motifs is 1. The second-order valence-corrected chi connectivity index (χ2v) is 11.4. The third kappa shape index (κ3) is 5.39. The molecule has 3 heterocycles. The van der Waals surface area contributed by atoms with Crippen molar-refractivity contribution in [3.05, 3.63) is 51.7 Å². The number of ether oxygens (including phenoxy) is 1. The second-order valence-electron chi connectivity index (χ2n) is 10.4. The number of urea groups is 1. The number of hydrogen-bond donors (Lipinski definition) is 1. The number of methoxy groups -OCH3 is 1. The van der Waals surface area contributed by atoms with E-state index in [1.807, 2.05) is 21.9 Å². The van der Waals surface area contributed by atoms with Crippen LogP contribution in [-0.4, -0.2) is 78.6 Å². The zero-order valence-electron chi connectivity index (χ0n) is 21.4. The number of nitrogens with zero attached hydrogens (tertiary/aromatic N) is 3. The maximum atomic E-state index is 13.5. The van der Waals surface area contributed by atoms with Crippen molar-refractivity contribution in [1.29, 1.82) is 0 Å². The summed E-state index contributed by atoms with van der Waals surface area (Å²) in [7, 11) is 1.68. The van der Waals surface area contributed by atoms with E-state index in [0.29, 0.717) is 32.2 Å². The molecule has 2 aromatic rings. The number of piperazine rings is 1. The van der Waals surface area contributed by atoms with Gasteiger partial charge < -0.3 is 19.9 Å². The molecule has 1 N–H and O–H groups in total. The molecule has 0 spiro atoms. The predicted molar refractivity (Wildman–Crippen MR) is 143 cm³/mol. The molecule has 2 aliphatic heterocycles. The lowest BCUT2D eigenvalue weighted by molar-refractivity contribution is -0.135. The third-order valence-electron chi connectivity index (χ3n) is 8.01. The van der Waals surface area contributed by atoms with Gasteiger partial charge in [-0.05, 0) is 60.9 Å². The number of thiophene rings is 1. The van der Waals surface area contributed by atoms with Gasteiger partial charge in [-0.2, -0.15) is 0 Å². The summed E-state index contributed by atoms with van der Waals surface area (Å²) in [6.07, 6.45) is 6.80. The fourth-order valence-electron chi connectivity index (χ4n) is 5.98. The van der Waals surface area contributed by atoms with Crippen molar-refractivity contribution < 1.29 is 14.3 Å². The van der Waals surface area contributed by atoms with Gasteiger partial charge >= 0.3 is 6.03 Å². The van der Waals surface area contributed by atoms with Crippen LogP contribution in [0, 0.1) is 0 Å². The largest absolute Gasteiger partial charge is 0.497 e. The van der Waals surface area contributed by atoms with Crippen molar-refractivity contribution in [2.75, 3.05) is 39.8 Å². The van der Waals surface area contributed by atoms with Crippen LogP contribution in [0.5, 0.6) is 5.75 Å². The highest BCUT2D eigenvalue weighted by atomic mass is 32.1. The first-order valence-corrected chi connectivity index (χ1v) is 14.2.